The molecule has 2 amide bonds. The smallest absolute Gasteiger partial charge is 0.275 e. The van der Waals surface area contributed by atoms with Gasteiger partial charge in [0.15, 0.2) is 5.69 Å². The molecule has 0 saturated carbocycles. The topological polar surface area (TPSA) is 93.7 Å². The fourth-order valence-corrected chi connectivity index (χ4v) is 3.95. The second-order valence-corrected chi connectivity index (χ2v) is 7.65. The first-order chi connectivity index (χ1) is 14.1. The summed E-state index contributed by atoms with van der Waals surface area (Å²) in [6.07, 6.45) is 3.16. The highest BCUT2D eigenvalue weighted by molar-refractivity contribution is 7.03. The first-order valence-corrected chi connectivity index (χ1v) is 10.5. The van der Waals surface area contributed by atoms with Gasteiger partial charge in [-0.15, -0.1) is 5.10 Å². The molecule has 2 aromatic rings. The number of nitrogens with zero attached hydrogens (tertiary/aromatic N) is 3. The standard InChI is InChI=1S/C20H26N4O4S/c1-27-16-7-6-15(18(10-16)28-2)11-21-19(25)8-5-14-4-3-9-24(12-14)20(26)17-13-29-23-22-17/h6-7,10,13-14H,3-5,8-9,11-12H2,1-2H3,(H,21,25)/t14-/m1/s1. The largest absolute Gasteiger partial charge is 0.497 e. The maximum absolute atomic E-state index is 12.4. The van der Waals surface area contributed by atoms with Crippen LogP contribution in [-0.2, 0) is 11.3 Å². The predicted octanol–water partition coefficient (Wildman–Crippen LogP) is 2.50. The number of carbonyl (C=O) groups is 2. The maximum atomic E-state index is 12.4. The summed E-state index contributed by atoms with van der Waals surface area (Å²) in [6, 6.07) is 5.53. The molecule has 0 bridgehead atoms. The van der Waals surface area contributed by atoms with Gasteiger partial charge in [0.1, 0.15) is 11.5 Å². The minimum absolute atomic E-state index is 0.00461. The second kappa shape index (κ2) is 10.2. The van der Waals surface area contributed by atoms with Gasteiger partial charge in [-0.05, 0) is 48.8 Å². The molecule has 1 fully saturated rings. The maximum Gasteiger partial charge on any atom is 0.275 e. The molecule has 2 heterocycles. The lowest BCUT2D eigenvalue weighted by molar-refractivity contribution is -0.121. The fourth-order valence-electron chi connectivity index (χ4n) is 3.52. The minimum Gasteiger partial charge on any atom is -0.497 e. The summed E-state index contributed by atoms with van der Waals surface area (Å²) >= 11 is 1.18. The highest BCUT2D eigenvalue weighted by Gasteiger charge is 2.26. The van der Waals surface area contributed by atoms with Crippen LogP contribution in [0.5, 0.6) is 11.5 Å². The first kappa shape index (κ1) is 21.0. The molecule has 1 aromatic carbocycles. The van der Waals surface area contributed by atoms with Crippen LogP contribution in [0.4, 0.5) is 0 Å². The number of likely N-dealkylation sites (tertiary alicyclic amines) is 1. The quantitative estimate of drug-likeness (QED) is 0.708. The van der Waals surface area contributed by atoms with Gasteiger partial charge in [0.05, 0.1) is 14.2 Å². The average molecular weight is 419 g/mol. The Balaban J connectivity index is 1.45. The molecule has 8 nitrogen and oxygen atoms in total. The van der Waals surface area contributed by atoms with E-state index in [9.17, 15) is 9.59 Å². The van der Waals surface area contributed by atoms with Gasteiger partial charge in [-0.1, -0.05) is 4.49 Å². The number of hydrogen-bond donors (Lipinski definition) is 1. The van der Waals surface area contributed by atoms with Crippen LogP contribution in [0.1, 0.15) is 41.7 Å². The van der Waals surface area contributed by atoms with Crippen molar-refractivity contribution in [3.05, 3.63) is 34.8 Å². The van der Waals surface area contributed by atoms with Crippen molar-refractivity contribution in [3.63, 3.8) is 0 Å². The molecule has 0 unspecified atom stereocenters. The van der Waals surface area contributed by atoms with E-state index >= 15 is 0 Å². The van der Waals surface area contributed by atoms with Crippen molar-refractivity contribution >= 4 is 23.3 Å². The monoisotopic (exact) mass is 418 g/mol. The summed E-state index contributed by atoms with van der Waals surface area (Å²) in [5.41, 5.74) is 1.30. The van der Waals surface area contributed by atoms with Crippen LogP contribution in [0.15, 0.2) is 23.6 Å². The molecule has 1 aliphatic rings. The van der Waals surface area contributed by atoms with Crippen molar-refractivity contribution in [1.29, 1.82) is 0 Å². The van der Waals surface area contributed by atoms with Gasteiger partial charge in [0, 0.05) is 43.1 Å². The number of aromatic nitrogens is 2. The number of ether oxygens (including phenoxy) is 2. The van der Waals surface area contributed by atoms with E-state index in [1.165, 1.54) is 11.5 Å². The van der Waals surface area contributed by atoms with Gasteiger partial charge < -0.3 is 19.7 Å². The Labute approximate surface area is 174 Å². The fraction of sp³-hybridized carbons (Fsp3) is 0.500. The zero-order chi connectivity index (χ0) is 20.6. The Bertz CT molecular complexity index is 828. The molecular weight excluding hydrogens is 392 g/mol. The number of methoxy groups -OCH3 is 2. The lowest BCUT2D eigenvalue weighted by atomic mass is 9.93. The summed E-state index contributed by atoms with van der Waals surface area (Å²) in [5.74, 6) is 1.64. The molecule has 1 saturated heterocycles. The van der Waals surface area contributed by atoms with Crippen LogP contribution in [0.3, 0.4) is 0 Å². The van der Waals surface area contributed by atoms with E-state index in [1.54, 1.807) is 25.7 Å². The predicted molar refractivity (Wildman–Crippen MR) is 109 cm³/mol. The number of nitrogens with one attached hydrogen (secondary N) is 1. The van der Waals surface area contributed by atoms with E-state index in [0.29, 0.717) is 42.6 Å². The van der Waals surface area contributed by atoms with E-state index in [1.807, 2.05) is 17.0 Å². The number of rotatable bonds is 8. The van der Waals surface area contributed by atoms with E-state index in [4.69, 9.17) is 9.47 Å². The Morgan fingerprint density at radius 2 is 2.17 bits per heavy atom. The van der Waals surface area contributed by atoms with Crippen molar-refractivity contribution in [2.45, 2.75) is 32.2 Å². The molecule has 1 aliphatic heterocycles. The van der Waals surface area contributed by atoms with E-state index in [-0.39, 0.29) is 11.8 Å². The average Bonchev–Trinajstić information content (AvgIpc) is 3.30. The zero-order valence-electron chi connectivity index (χ0n) is 16.7. The molecular formula is C20H26N4O4S. The van der Waals surface area contributed by atoms with Crippen LogP contribution in [-0.4, -0.2) is 53.6 Å². The molecule has 1 N–H and O–H groups in total. The molecule has 29 heavy (non-hydrogen) atoms. The van der Waals surface area contributed by atoms with Crippen molar-refractivity contribution in [1.82, 2.24) is 19.8 Å². The SMILES string of the molecule is COc1ccc(CNC(=O)CC[C@H]2CCCN(C(=O)c3csnn3)C2)c(OC)c1. The normalized spacial score (nSPS) is 16.3. The van der Waals surface area contributed by atoms with Gasteiger partial charge in [-0.2, -0.15) is 0 Å². The molecule has 1 aromatic heterocycles. The number of hydrogen-bond acceptors (Lipinski definition) is 7. The highest BCUT2D eigenvalue weighted by Crippen LogP contribution is 2.25. The van der Waals surface area contributed by atoms with Crippen LogP contribution in [0.25, 0.3) is 0 Å². The van der Waals surface area contributed by atoms with Crippen LogP contribution in [0.2, 0.25) is 0 Å². The molecule has 0 aliphatic carbocycles. The third-order valence-corrected chi connectivity index (χ3v) is 5.64. The van der Waals surface area contributed by atoms with Crippen molar-refractivity contribution < 1.29 is 19.1 Å². The van der Waals surface area contributed by atoms with Gasteiger partial charge >= 0.3 is 0 Å². The van der Waals surface area contributed by atoms with E-state index < -0.39 is 0 Å². The first-order valence-electron chi connectivity index (χ1n) is 9.64. The highest BCUT2D eigenvalue weighted by atomic mass is 32.1. The Hall–Kier alpha value is -2.68. The van der Waals surface area contributed by atoms with Gasteiger partial charge in [-0.3, -0.25) is 9.59 Å². The number of carbonyl (C=O) groups excluding carboxylic acids is 2. The molecule has 156 valence electrons. The van der Waals surface area contributed by atoms with Crippen molar-refractivity contribution in [3.8, 4) is 11.5 Å². The van der Waals surface area contributed by atoms with Crippen LogP contribution < -0.4 is 14.8 Å². The molecule has 0 radical (unpaired) electrons. The Kier molecular flexibility index (Phi) is 7.40. The minimum atomic E-state index is -0.0699. The molecule has 9 heteroatoms. The van der Waals surface area contributed by atoms with E-state index in [0.717, 1.165) is 31.4 Å². The van der Waals surface area contributed by atoms with Crippen molar-refractivity contribution in [2.24, 2.45) is 5.92 Å². The number of amides is 2. The number of benzene rings is 1. The molecule has 3 rings (SSSR count). The summed E-state index contributed by atoms with van der Waals surface area (Å²) < 4.78 is 14.3. The molecule has 1 atom stereocenters. The lowest BCUT2D eigenvalue weighted by Gasteiger charge is -2.32. The second-order valence-electron chi connectivity index (χ2n) is 7.04. The molecule has 0 spiro atoms. The van der Waals surface area contributed by atoms with Gasteiger partial charge in [0.25, 0.3) is 5.91 Å². The van der Waals surface area contributed by atoms with Crippen molar-refractivity contribution in [2.75, 3.05) is 27.3 Å². The third-order valence-electron chi connectivity index (χ3n) is 5.14. The van der Waals surface area contributed by atoms with Gasteiger partial charge in [0.2, 0.25) is 5.91 Å². The summed E-state index contributed by atoms with van der Waals surface area (Å²) in [4.78, 5) is 26.6. The number of piperidine rings is 1. The third kappa shape index (κ3) is 5.66. The Morgan fingerprint density at radius 1 is 1.31 bits per heavy atom. The lowest BCUT2D eigenvalue weighted by Crippen LogP contribution is -2.40. The van der Waals surface area contributed by atoms with Crippen LogP contribution >= 0.6 is 11.5 Å². The van der Waals surface area contributed by atoms with Gasteiger partial charge in [-0.25, -0.2) is 0 Å². The van der Waals surface area contributed by atoms with Crippen LogP contribution in [0, 0.1) is 5.92 Å². The Morgan fingerprint density at radius 3 is 2.90 bits per heavy atom. The summed E-state index contributed by atoms with van der Waals surface area (Å²) in [5, 5.41) is 8.49. The summed E-state index contributed by atoms with van der Waals surface area (Å²) in [6.45, 7) is 1.80. The zero-order valence-corrected chi connectivity index (χ0v) is 17.5. The summed E-state index contributed by atoms with van der Waals surface area (Å²) in [7, 11) is 3.20. The van der Waals surface area contributed by atoms with E-state index in [2.05, 4.69) is 14.9 Å².